The molecule has 4 nitrogen and oxygen atoms in total. The quantitative estimate of drug-likeness (QED) is 0.647. The predicted molar refractivity (Wildman–Crippen MR) is 90.3 cm³/mol. The molecule has 128 valence electrons. The number of nitrogens with zero attached hydrogens (tertiary/aromatic N) is 1. The molecule has 2 aliphatic carbocycles. The van der Waals surface area contributed by atoms with E-state index in [1.807, 2.05) is 0 Å². The van der Waals surface area contributed by atoms with Crippen molar-refractivity contribution >= 4 is 11.6 Å². The third kappa shape index (κ3) is 3.32. The molecule has 0 bridgehead atoms. The van der Waals surface area contributed by atoms with E-state index < -0.39 is 0 Å². The summed E-state index contributed by atoms with van der Waals surface area (Å²) >= 11 is 6.32. The Kier molecular flexibility index (Phi) is 4.79. The van der Waals surface area contributed by atoms with Crippen LogP contribution in [0.5, 0.6) is 0 Å². The Hall–Kier alpha value is 0.130. The van der Waals surface area contributed by atoms with Crippen LogP contribution in [0.3, 0.4) is 0 Å². The van der Waals surface area contributed by atoms with Crippen LogP contribution in [0.4, 0.5) is 0 Å². The molecule has 5 heteroatoms. The van der Waals surface area contributed by atoms with E-state index in [4.69, 9.17) is 11.6 Å². The highest BCUT2D eigenvalue weighted by molar-refractivity contribution is 6.20. The van der Waals surface area contributed by atoms with Crippen molar-refractivity contribution in [1.29, 1.82) is 0 Å². The third-order valence-corrected chi connectivity index (χ3v) is 6.34. The Labute approximate surface area is 139 Å². The molecule has 1 aliphatic heterocycles. The van der Waals surface area contributed by atoms with Crippen LogP contribution in [-0.4, -0.2) is 39.8 Å². The van der Waals surface area contributed by atoms with Gasteiger partial charge in [-0.05, 0) is 49.4 Å². The zero-order valence-corrected chi connectivity index (χ0v) is 15.1. The number of hydrogen-bond acceptors (Lipinski definition) is 4. The minimum atomic E-state index is -0.289. The van der Waals surface area contributed by atoms with Crippen LogP contribution in [0.15, 0.2) is 0 Å². The first-order valence-electron chi connectivity index (χ1n) is 8.89. The molecule has 0 aromatic carbocycles. The summed E-state index contributed by atoms with van der Waals surface area (Å²) in [4.78, 5) is 0. The van der Waals surface area contributed by atoms with Gasteiger partial charge in [-0.15, -0.1) is 11.6 Å². The van der Waals surface area contributed by atoms with Crippen molar-refractivity contribution in [2.45, 2.75) is 89.4 Å². The van der Waals surface area contributed by atoms with E-state index in [0.29, 0.717) is 23.9 Å². The van der Waals surface area contributed by atoms with E-state index in [1.54, 1.807) is 0 Å². The molecule has 0 radical (unpaired) electrons. The third-order valence-electron chi connectivity index (χ3n) is 5.95. The zero-order valence-electron chi connectivity index (χ0n) is 14.3. The van der Waals surface area contributed by atoms with E-state index >= 15 is 0 Å². The summed E-state index contributed by atoms with van der Waals surface area (Å²) in [5.74, 6) is 0.984. The van der Waals surface area contributed by atoms with Crippen LogP contribution in [0, 0.1) is 17.3 Å². The number of rotatable bonds is 1. The first kappa shape index (κ1) is 17.0. The number of fused-ring (bicyclic) bond motifs is 1. The SMILES string of the molecule is CC1CC(N2NC3CCC(Cl)CC3N2)C(O)C(C(C)(C)C)C1. The first-order valence-corrected chi connectivity index (χ1v) is 9.33. The van der Waals surface area contributed by atoms with Gasteiger partial charge >= 0.3 is 0 Å². The van der Waals surface area contributed by atoms with Gasteiger partial charge in [0, 0.05) is 17.5 Å². The van der Waals surface area contributed by atoms with Crippen LogP contribution in [-0.2, 0) is 0 Å². The lowest BCUT2D eigenvalue weighted by molar-refractivity contribution is -0.0896. The molecule has 7 atom stereocenters. The van der Waals surface area contributed by atoms with Gasteiger partial charge in [0.2, 0.25) is 0 Å². The summed E-state index contributed by atoms with van der Waals surface area (Å²) in [6, 6.07) is 1.02. The second kappa shape index (κ2) is 6.21. The van der Waals surface area contributed by atoms with Gasteiger partial charge < -0.3 is 5.11 Å². The van der Waals surface area contributed by atoms with Gasteiger partial charge in [0.25, 0.3) is 0 Å². The first-order chi connectivity index (χ1) is 10.3. The molecule has 22 heavy (non-hydrogen) atoms. The van der Waals surface area contributed by atoms with Crippen LogP contribution >= 0.6 is 11.6 Å². The molecule has 1 saturated heterocycles. The highest BCUT2D eigenvalue weighted by atomic mass is 35.5. The van der Waals surface area contributed by atoms with Gasteiger partial charge in [0.15, 0.2) is 0 Å². The summed E-state index contributed by atoms with van der Waals surface area (Å²) in [7, 11) is 0. The molecule has 3 aliphatic rings. The Morgan fingerprint density at radius 3 is 2.41 bits per heavy atom. The predicted octanol–water partition coefficient (Wildman–Crippen LogP) is 2.66. The average molecular weight is 330 g/mol. The van der Waals surface area contributed by atoms with Gasteiger partial charge in [0.05, 0.1) is 12.1 Å². The normalized spacial score (nSPS) is 47.5. The van der Waals surface area contributed by atoms with Gasteiger partial charge in [-0.3, -0.25) is 0 Å². The highest BCUT2D eigenvalue weighted by Gasteiger charge is 2.47. The molecule has 3 rings (SSSR count). The van der Waals surface area contributed by atoms with Gasteiger partial charge in [-0.25, -0.2) is 10.9 Å². The Morgan fingerprint density at radius 1 is 1.05 bits per heavy atom. The van der Waals surface area contributed by atoms with Gasteiger partial charge in [-0.2, -0.15) is 5.12 Å². The second-order valence-electron chi connectivity index (χ2n) is 8.86. The molecule has 0 aromatic rings. The van der Waals surface area contributed by atoms with Crippen LogP contribution < -0.4 is 10.9 Å². The molecule has 3 fully saturated rings. The Balaban J connectivity index is 1.71. The standard InChI is InChI=1S/C17H32ClN3O/c1-10-7-12(17(2,3)4)16(22)15(8-10)21-19-13-6-5-11(18)9-14(13)20-21/h10-16,19-20,22H,5-9H2,1-4H3. The van der Waals surface area contributed by atoms with Crippen molar-refractivity contribution in [3.63, 3.8) is 0 Å². The molecule has 0 spiro atoms. The van der Waals surface area contributed by atoms with Crippen molar-refractivity contribution in [1.82, 2.24) is 16.0 Å². The summed E-state index contributed by atoms with van der Waals surface area (Å²) < 4.78 is 0. The fourth-order valence-corrected chi connectivity index (χ4v) is 4.93. The summed E-state index contributed by atoms with van der Waals surface area (Å²) in [6.45, 7) is 9.06. The lowest BCUT2D eigenvalue weighted by atomic mass is 9.66. The topological polar surface area (TPSA) is 47.5 Å². The molecule has 3 N–H and O–H groups in total. The minimum absolute atomic E-state index is 0.139. The fraction of sp³-hybridized carbons (Fsp3) is 1.00. The highest BCUT2D eigenvalue weighted by Crippen LogP contribution is 2.42. The minimum Gasteiger partial charge on any atom is -0.391 e. The summed E-state index contributed by atoms with van der Waals surface area (Å²) in [5, 5.41) is 13.4. The maximum atomic E-state index is 11.0. The zero-order chi connectivity index (χ0) is 16.1. The number of nitrogens with one attached hydrogen (secondary N) is 2. The summed E-state index contributed by atoms with van der Waals surface area (Å²) in [5.41, 5.74) is 7.34. The largest absolute Gasteiger partial charge is 0.391 e. The van der Waals surface area contributed by atoms with Crippen molar-refractivity contribution in [2.75, 3.05) is 0 Å². The Bertz CT molecular complexity index is 400. The lowest BCUT2D eigenvalue weighted by Gasteiger charge is -2.46. The van der Waals surface area contributed by atoms with Crippen LogP contribution in [0.25, 0.3) is 0 Å². The monoisotopic (exact) mass is 329 g/mol. The number of hydrogen-bond donors (Lipinski definition) is 3. The maximum absolute atomic E-state index is 11.0. The number of hydrazine groups is 2. The van der Waals surface area contributed by atoms with E-state index in [0.717, 1.165) is 32.1 Å². The molecule has 0 amide bonds. The van der Waals surface area contributed by atoms with Gasteiger partial charge in [0.1, 0.15) is 0 Å². The number of aliphatic hydroxyl groups is 1. The van der Waals surface area contributed by atoms with E-state index in [1.165, 1.54) is 0 Å². The van der Waals surface area contributed by atoms with Gasteiger partial charge in [-0.1, -0.05) is 27.7 Å². The molecular weight excluding hydrogens is 298 g/mol. The Morgan fingerprint density at radius 2 is 1.73 bits per heavy atom. The maximum Gasteiger partial charge on any atom is 0.0757 e. The molecule has 2 saturated carbocycles. The number of alkyl halides is 1. The van der Waals surface area contributed by atoms with Crippen molar-refractivity contribution in [3.05, 3.63) is 0 Å². The van der Waals surface area contributed by atoms with E-state index in [2.05, 4.69) is 43.7 Å². The molecule has 7 unspecified atom stereocenters. The smallest absolute Gasteiger partial charge is 0.0757 e. The average Bonchev–Trinajstić information content (AvgIpc) is 2.82. The second-order valence-corrected chi connectivity index (χ2v) is 9.48. The molecule has 0 aromatic heterocycles. The lowest BCUT2D eigenvalue weighted by Crippen LogP contribution is -2.59. The molecule has 1 heterocycles. The van der Waals surface area contributed by atoms with Crippen molar-refractivity contribution in [2.24, 2.45) is 17.3 Å². The fourth-order valence-electron chi connectivity index (χ4n) is 4.62. The van der Waals surface area contributed by atoms with E-state index in [-0.39, 0.29) is 22.9 Å². The molecular formula is C17H32ClN3O. The number of aliphatic hydroxyl groups excluding tert-OH is 1. The number of halogens is 1. The summed E-state index contributed by atoms with van der Waals surface area (Å²) in [6.07, 6.45) is 5.08. The van der Waals surface area contributed by atoms with Crippen LogP contribution in [0.2, 0.25) is 0 Å². The van der Waals surface area contributed by atoms with Crippen molar-refractivity contribution < 1.29 is 5.11 Å². The van der Waals surface area contributed by atoms with E-state index in [9.17, 15) is 5.11 Å². The van der Waals surface area contributed by atoms with Crippen LogP contribution in [0.1, 0.15) is 59.8 Å². The van der Waals surface area contributed by atoms with Crippen molar-refractivity contribution in [3.8, 4) is 0 Å².